The van der Waals surface area contributed by atoms with Gasteiger partial charge in [-0.3, -0.25) is 19.3 Å². The number of benzene rings is 1. The second-order valence-corrected chi connectivity index (χ2v) is 10.5. The number of carbonyl (C=O) groups is 3. The topological polar surface area (TPSA) is 154 Å². The maximum Gasteiger partial charge on any atom is 0.273 e. The SMILES string of the molecule is CCCCOc1ccc(N(C(=O)c2snc(C(N)=O)c2N)[C@H](C(=O)NC2CCCCC2)c2ccc(C)o2)cc1. The third-order valence-electron chi connectivity index (χ3n) is 6.74. The van der Waals surface area contributed by atoms with Gasteiger partial charge in [0.1, 0.15) is 22.1 Å². The number of hydrogen-bond donors (Lipinski definition) is 3. The lowest BCUT2D eigenvalue weighted by atomic mass is 9.95. The van der Waals surface area contributed by atoms with Gasteiger partial charge < -0.3 is 25.9 Å². The maximum absolute atomic E-state index is 14.1. The molecule has 2 aromatic heterocycles. The Labute approximate surface area is 231 Å². The molecule has 4 rings (SSSR count). The minimum absolute atomic E-state index is 0.00539. The maximum atomic E-state index is 14.1. The van der Waals surface area contributed by atoms with E-state index < -0.39 is 17.9 Å². The molecule has 0 spiro atoms. The van der Waals surface area contributed by atoms with E-state index >= 15 is 0 Å². The molecule has 0 aliphatic heterocycles. The highest BCUT2D eigenvalue weighted by Crippen LogP contribution is 2.35. The molecule has 2 heterocycles. The van der Waals surface area contributed by atoms with E-state index in [4.69, 9.17) is 20.6 Å². The van der Waals surface area contributed by atoms with Gasteiger partial charge in [-0.25, -0.2) is 0 Å². The number of ether oxygens (including phenoxy) is 1. The zero-order valence-corrected chi connectivity index (χ0v) is 23.1. The summed E-state index contributed by atoms with van der Waals surface area (Å²) >= 11 is 0.763. The van der Waals surface area contributed by atoms with Crippen LogP contribution >= 0.6 is 11.5 Å². The van der Waals surface area contributed by atoms with E-state index in [9.17, 15) is 14.4 Å². The van der Waals surface area contributed by atoms with Crippen molar-refractivity contribution in [2.45, 2.75) is 70.9 Å². The van der Waals surface area contributed by atoms with Gasteiger partial charge in [-0.1, -0.05) is 32.6 Å². The molecule has 3 aromatic rings. The minimum atomic E-state index is -1.14. The van der Waals surface area contributed by atoms with Crippen LogP contribution in [0.4, 0.5) is 11.4 Å². The van der Waals surface area contributed by atoms with E-state index in [1.165, 1.54) is 4.90 Å². The molecule has 3 amide bonds. The van der Waals surface area contributed by atoms with Crippen LogP contribution in [0, 0.1) is 6.92 Å². The average Bonchev–Trinajstić information content (AvgIpc) is 3.53. The van der Waals surface area contributed by atoms with Gasteiger partial charge in [-0.2, -0.15) is 4.37 Å². The van der Waals surface area contributed by atoms with Gasteiger partial charge in [-0.15, -0.1) is 0 Å². The number of furan rings is 1. The molecule has 1 aliphatic carbocycles. The number of aryl methyl sites for hydroxylation is 1. The first-order valence-corrected chi connectivity index (χ1v) is 14.1. The summed E-state index contributed by atoms with van der Waals surface area (Å²) < 4.78 is 15.7. The molecule has 1 aromatic carbocycles. The van der Waals surface area contributed by atoms with E-state index in [-0.39, 0.29) is 28.2 Å². The van der Waals surface area contributed by atoms with Crippen LogP contribution in [0.2, 0.25) is 0 Å². The Morgan fingerprint density at radius 3 is 2.46 bits per heavy atom. The Kier molecular flexibility index (Phi) is 9.23. The fourth-order valence-corrected chi connectivity index (χ4v) is 5.40. The number of nitrogens with one attached hydrogen (secondary N) is 1. The van der Waals surface area contributed by atoms with Gasteiger partial charge in [0, 0.05) is 11.7 Å². The first kappa shape index (κ1) is 28.2. The first-order chi connectivity index (χ1) is 18.8. The van der Waals surface area contributed by atoms with Gasteiger partial charge in [0.05, 0.1) is 12.3 Å². The molecule has 39 heavy (non-hydrogen) atoms. The van der Waals surface area contributed by atoms with Crippen LogP contribution in [0.5, 0.6) is 5.75 Å². The third-order valence-corrected chi connectivity index (χ3v) is 7.60. The average molecular weight is 554 g/mol. The van der Waals surface area contributed by atoms with Gasteiger partial charge in [0.25, 0.3) is 17.7 Å². The molecule has 0 radical (unpaired) electrons. The van der Waals surface area contributed by atoms with Gasteiger partial charge in [-0.05, 0) is 74.1 Å². The predicted molar refractivity (Wildman–Crippen MR) is 150 cm³/mol. The lowest BCUT2D eigenvalue weighted by Gasteiger charge is -2.32. The van der Waals surface area contributed by atoms with Gasteiger partial charge in [0.2, 0.25) is 0 Å². The van der Waals surface area contributed by atoms with Crippen molar-refractivity contribution < 1.29 is 23.5 Å². The number of unbranched alkanes of at least 4 members (excludes halogenated alkanes) is 1. The van der Waals surface area contributed by atoms with Crippen molar-refractivity contribution >= 4 is 40.6 Å². The van der Waals surface area contributed by atoms with Crippen LogP contribution in [0.1, 0.15) is 89.6 Å². The van der Waals surface area contributed by atoms with Crippen molar-refractivity contribution in [1.29, 1.82) is 0 Å². The zero-order valence-electron chi connectivity index (χ0n) is 22.3. The second-order valence-electron chi connectivity index (χ2n) is 9.70. The van der Waals surface area contributed by atoms with Gasteiger partial charge in [0.15, 0.2) is 11.7 Å². The van der Waals surface area contributed by atoms with Crippen molar-refractivity contribution in [3.8, 4) is 5.75 Å². The normalized spacial score (nSPS) is 14.5. The standard InChI is InChI=1S/C28H35N5O5S/c1-3-4-16-37-20-13-11-19(12-14-20)33(28(36)25-22(29)23(26(30)34)32-39-25)24(21-15-10-17(2)38-21)27(35)31-18-8-6-5-7-9-18/h10-15,18,24H,3-9,16,29H2,1-2H3,(H2,30,34)(H,31,35)/t24-/m0/s1. The number of rotatable bonds is 11. The summed E-state index contributed by atoms with van der Waals surface area (Å²) in [5.74, 6) is -0.265. The third kappa shape index (κ3) is 6.59. The lowest BCUT2D eigenvalue weighted by molar-refractivity contribution is -0.123. The highest BCUT2D eigenvalue weighted by molar-refractivity contribution is 7.09. The molecular formula is C28H35N5O5S. The van der Waals surface area contributed by atoms with Crippen LogP contribution < -0.4 is 26.4 Å². The van der Waals surface area contributed by atoms with Crippen molar-refractivity contribution in [2.24, 2.45) is 5.73 Å². The fraction of sp³-hybridized carbons (Fsp3) is 0.429. The Morgan fingerprint density at radius 2 is 1.87 bits per heavy atom. The fourth-order valence-electron chi connectivity index (χ4n) is 4.66. The highest BCUT2D eigenvalue weighted by Gasteiger charge is 2.38. The number of nitrogens with two attached hydrogens (primary N) is 2. The Balaban J connectivity index is 1.77. The number of primary amides is 1. The number of nitrogen functional groups attached to an aromatic ring is 1. The Bertz CT molecular complexity index is 1300. The Hall–Kier alpha value is -3.86. The number of carbonyl (C=O) groups excluding carboxylic acids is 3. The van der Waals surface area contributed by atoms with Crippen LogP contribution in [-0.4, -0.2) is 34.7 Å². The highest BCUT2D eigenvalue weighted by atomic mass is 32.1. The van der Waals surface area contributed by atoms with Crippen molar-refractivity contribution in [2.75, 3.05) is 17.2 Å². The van der Waals surface area contributed by atoms with E-state index in [1.807, 2.05) is 0 Å². The zero-order chi connectivity index (χ0) is 27.9. The molecular weight excluding hydrogens is 518 g/mol. The first-order valence-electron chi connectivity index (χ1n) is 13.3. The van der Waals surface area contributed by atoms with Crippen molar-refractivity contribution in [3.63, 3.8) is 0 Å². The largest absolute Gasteiger partial charge is 0.494 e. The smallest absolute Gasteiger partial charge is 0.273 e. The summed E-state index contributed by atoms with van der Waals surface area (Å²) in [4.78, 5) is 41.2. The number of aromatic nitrogens is 1. The van der Waals surface area contributed by atoms with E-state index in [0.29, 0.717) is 29.6 Å². The summed E-state index contributed by atoms with van der Waals surface area (Å²) in [5.41, 5.74) is 11.7. The molecule has 0 saturated heterocycles. The van der Waals surface area contributed by atoms with Crippen molar-refractivity contribution in [3.05, 3.63) is 58.5 Å². The monoisotopic (exact) mass is 553 g/mol. The predicted octanol–water partition coefficient (Wildman–Crippen LogP) is 4.74. The molecule has 0 unspecified atom stereocenters. The summed E-state index contributed by atoms with van der Waals surface area (Å²) in [6, 6.07) is 9.22. The van der Waals surface area contributed by atoms with Crippen LogP contribution in [0.3, 0.4) is 0 Å². The minimum Gasteiger partial charge on any atom is -0.494 e. The number of hydrogen-bond acceptors (Lipinski definition) is 8. The van der Waals surface area contributed by atoms with Crippen LogP contribution in [0.15, 0.2) is 40.8 Å². The lowest BCUT2D eigenvalue weighted by Crippen LogP contribution is -2.47. The molecule has 1 atom stereocenters. The van der Waals surface area contributed by atoms with Crippen LogP contribution in [0.25, 0.3) is 0 Å². The number of amides is 3. The quantitative estimate of drug-likeness (QED) is 0.290. The van der Waals surface area contributed by atoms with Crippen molar-refractivity contribution in [1.82, 2.24) is 9.69 Å². The molecule has 208 valence electrons. The molecule has 10 nitrogen and oxygen atoms in total. The molecule has 1 saturated carbocycles. The van der Waals surface area contributed by atoms with E-state index in [0.717, 1.165) is 56.5 Å². The summed E-state index contributed by atoms with van der Waals surface area (Å²) in [7, 11) is 0. The summed E-state index contributed by atoms with van der Waals surface area (Å²) in [6.45, 7) is 4.43. The molecule has 1 fully saturated rings. The summed E-state index contributed by atoms with van der Waals surface area (Å²) in [5, 5.41) is 3.13. The molecule has 5 N–H and O–H groups in total. The molecule has 11 heteroatoms. The second kappa shape index (κ2) is 12.8. The van der Waals surface area contributed by atoms with Gasteiger partial charge >= 0.3 is 0 Å². The number of nitrogens with zero attached hydrogens (tertiary/aromatic N) is 2. The Morgan fingerprint density at radius 1 is 1.15 bits per heavy atom. The van der Waals surface area contributed by atoms with E-state index in [2.05, 4.69) is 16.6 Å². The van der Waals surface area contributed by atoms with Crippen LogP contribution in [-0.2, 0) is 4.79 Å². The molecule has 1 aliphatic rings. The van der Waals surface area contributed by atoms with E-state index in [1.54, 1.807) is 43.3 Å². The number of anilines is 2. The molecule has 0 bridgehead atoms. The summed E-state index contributed by atoms with van der Waals surface area (Å²) in [6.07, 6.45) is 6.87.